The van der Waals surface area contributed by atoms with E-state index in [0.29, 0.717) is 17.9 Å². The molecule has 0 spiro atoms. The zero-order chi connectivity index (χ0) is 15.1. The molecule has 0 heterocycles. The van der Waals surface area contributed by atoms with E-state index in [1.807, 2.05) is 19.0 Å². The molecule has 1 rings (SSSR count). The van der Waals surface area contributed by atoms with E-state index >= 15 is 0 Å². The summed E-state index contributed by atoms with van der Waals surface area (Å²) >= 11 is 0. The van der Waals surface area contributed by atoms with Gasteiger partial charge < -0.3 is 15.4 Å². The lowest BCUT2D eigenvalue weighted by molar-refractivity contribution is 0.0841. The third-order valence-electron chi connectivity index (χ3n) is 2.86. The van der Waals surface area contributed by atoms with Gasteiger partial charge in [-0.2, -0.15) is 0 Å². The predicted molar refractivity (Wildman–Crippen MR) is 79.1 cm³/mol. The average Bonchev–Trinajstić information content (AvgIpc) is 2.42. The van der Waals surface area contributed by atoms with Crippen LogP contribution in [-0.2, 0) is 0 Å². The Morgan fingerprint density at radius 2 is 1.85 bits per heavy atom. The van der Waals surface area contributed by atoms with Crippen molar-refractivity contribution in [1.82, 2.24) is 9.80 Å². The topological polar surface area (TPSA) is 82.7 Å². The normalized spacial score (nSPS) is 10.4. The lowest BCUT2D eigenvalue weighted by atomic mass is 10.2. The fourth-order valence-electron chi connectivity index (χ4n) is 1.77. The summed E-state index contributed by atoms with van der Waals surface area (Å²) in [7, 11) is 5.49. The molecule has 110 valence electrons. The van der Waals surface area contributed by atoms with Crippen molar-refractivity contribution < 1.29 is 9.53 Å². The number of hydrogen-bond acceptors (Lipinski definition) is 4. The highest BCUT2D eigenvalue weighted by atomic mass is 16.5. The molecule has 0 aromatic heterocycles. The molecule has 0 saturated heterocycles. The van der Waals surface area contributed by atoms with Crippen molar-refractivity contribution in [3.63, 3.8) is 0 Å². The number of guanidine groups is 1. The van der Waals surface area contributed by atoms with Crippen LogP contribution in [0.25, 0.3) is 0 Å². The Hall–Kier alpha value is -2.08. The fourth-order valence-corrected chi connectivity index (χ4v) is 1.77. The van der Waals surface area contributed by atoms with Crippen molar-refractivity contribution in [1.29, 1.82) is 5.41 Å². The molecule has 0 atom stereocenters. The first-order valence-corrected chi connectivity index (χ1v) is 6.40. The molecule has 20 heavy (non-hydrogen) atoms. The third-order valence-corrected chi connectivity index (χ3v) is 2.86. The third kappa shape index (κ3) is 4.55. The van der Waals surface area contributed by atoms with Gasteiger partial charge in [-0.25, -0.2) is 0 Å². The zero-order valence-corrected chi connectivity index (χ0v) is 12.2. The standard InChI is InChI=1S/C14H22N4O2/c1-17(2)9-4-10-18(14(15)16)13(19)11-5-7-12(20-3)8-6-11/h5-8H,4,9-10H2,1-3H3,(H3,15,16). The Morgan fingerprint density at radius 1 is 1.25 bits per heavy atom. The van der Waals surface area contributed by atoms with Crippen molar-refractivity contribution in [2.45, 2.75) is 6.42 Å². The van der Waals surface area contributed by atoms with Gasteiger partial charge in [-0.1, -0.05) is 0 Å². The molecule has 6 heteroatoms. The van der Waals surface area contributed by atoms with Crippen LogP contribution in [0.3, 0.4) is 0 Å². The summed E-state index contributed by atoms with van der Waals surface area (Å²) in [5.74, 6) is 0.187. The Kier molecular flexibility index (Phi) is 5.99. The van der Waals surface area contributed by atoms with Crippen LogP contribution in [0.5, 0.6) is 5.75 Å². The zero-order valence-electron chi connectivity index (χ0n) is 12.2. The minimum Gasteiger partial charge on any atom is -0.497 e. The van der Waals surface area contributed by atoms with Crippen LogP contribution in [0.4, 0.5) is 0 Å². The summed E-state index contributed by atoms with van der Waals surface area (Å²) in [5.41, 5.74) is 5.99. The van der Waals surface area contributed by atoms with E-state index in [1.54, 1.807) is 31.4 Å². The van der Waals surface area contributed by atoms with Gasteiger partial charge in [0.05, 0.1) is 7.11 Å². The average molecular weight is 278 g/mol. The molecule has 1 aromatic carbocycles. The molecule has 3 N–H and O–H groups in total. The van der Waals surface area contributed by atoms with Gasteiger partial charge in [-0.05, 0) is 51.3 Å². The fraction of sp³-hybridized carbons (Fsp3) is 0.429. The first kappa shape index (κ1) is 16.0. The SMILES string of the molecule is COc1ccc(C(=O)N(CCCN(C)C)C(=N)N)cc1. The quantitative estimate of drug-likeness (QED) is 0.600. The summed E-state index contributed by atoms with van der Waals surface area (Å²) in [6, 6.07) is 6.77. The van der Waals surface area contributed by atoms with Crippen molar-refractivity contribution in [3.8, 4) is 5.75 Å². The number of benzene rings is 1. The van der Waals surface area contributed by atoms with E-state index in [0.717, 1.165) is 13.0 Å². The van der Waals surface area contributed by atoms with Crippen molar-refractivity contribution in [2.24, 2.45) is 5.73 Å². The number of rotatable bonds is 6. The van der Waals surface area contributed by atoms with Gasteiger partial charge in [0.2, 0.25) is 0 Å². The van der Waals surface area contributed by atoms with E-state index in [2.05, 4.69) is 0 Å². The minimum absolute atomic E-state index is 0.232. The molecule has 0 aliphatic carbocycles. The summed E-state index contributed by atoms with van der Waals surface area (Å²) in [6.07, 6.45) is 0.758. The first-order chi connectivity index (χ1) is 9.45. The van der Waals surface area contributed by atoms with Gasteiger partial charge >= 0.3 is 0 Å². The summed E-state index contributed by atoms with van der Waals surface area (Å²) in [5, 5.41) is 7.54. The summed E-state index contributed by atoms with van der Waals surface area (Å²) < 4.78 is 5.05. The van der Waals surface area contributed by atoms with Gasteiger partial charge in [0, 0.05) is 12.1 Å². The number of carbonyl (C=O) groups is 1. The molecule has 0 bridgehead atoms. The number of methoxy groups -OCH3 is 1. The molecule has 6 nitrogen and oxygen atoms in total. The van der Waals surface area contributed by atoms with Crippen LogP contribution in [0, 0.1) is 5.41 Å². The molecule has 0 aliphatic rings. The number of carbonyl (C=O) groups excluding carboxylic acids is 1. The lowest BCUT2D eigenvalue weighted by Gasteiger charge is -2.21. The Morgan fingerprint density at radius 3 is 2.30 bits per heavy atom. The van der Waals surface area contributed by atoms with Crippen LogP contribution in [-0.4, -0.2) is 56.0 Å². The highest BCUT2D eigenvalue weighted by Gasteiger charge is 2.18. The van der Waals surface area contributed by atoms with Crippen molar-refractivity contribution in [2.75, 3.05) is 34.3 Å². The van der Waals surface area contributed by atoms with E-state index in [-0.39, 0.29) is 11.9 Å². The second-order valence-corrected chi connectivity index (χ2v) is 4.73. The molecule has 1 aromatic rings. The number of ether oxygens (including phenoxy) is 1. The monoisotopic (exact) mass is 278 g/mol. The van der Waals surface area contributed by atoms with Crippen molar-refractivity contribution >= 4 is 11.9 Å². The Labute approximate surface area is 119 Å². The second kappa shape index (κ2) is 7.49. The number of nitrogens with one attached hydrogen (secondary N) is 1. The molecule has 0 aliphatic heterocycles. The van der Waals surface area contributed by atoms with E-state index < -0.39 is 0 Å². The second-order valence-electron chi connectivity index (χ2n) is 4.73. The lowest BCUT2D eigenvalue weighted by Crippen LogP contribution is -2.42. The molecular weight excluding hydrogens is 256 g/mol. The van der Waals surface area contributed by atoms with Gasteiger partial charge in [0.1, 0.15) is 5.75 Å². The molecule has 0 saturated carbocycles. The minimum atomic E-state index is -0.265. The molecule has 1 amide bonds. The highest BCUT2D eigenvalue weighted by Crippen LogP contribution is 2.13. The molecule has 0 radical (unpaired) electrons. The van der Waals surface area contributed by atoms with Gasteiger partial charge in [0.15, 0.2) is 5.96 Å². The maximum atomic E-state index is 12.3. The maximum absolute atomic E-state index is 12.3. The van der Waals surface area contributed by atoms with Gasteiger partial charge in [-0.3, -0.25) is 15.1 Å². The number of nitrogens with two attached hydrogens (primary N) is 1. The van der Waals surface area contributed by atoms with E-state index in [9.17, 15) is 4.79 Å². The summed E-state index contributed by atoms with van der Waals surface area (Å²) in [4.78, 5) is 15.6. The Balaban J connectivity index is 2.74. The number of amides is 1. The highest BCUT2D eigenvalue weighted by molar-refractivity contribution is 6.04. The van der Waals surface area contributed by atoms with Crippen LogP contribution in [0.2, 0.25) is 0 Å². The van der Waals surface area contributed by atoms with Crippen LogP contribution >= 0.6 is 0 Å². The number of nitrogens with zero attached hydrogens (tertiary/aromatic N) is 2. The summed E-state index contributed by atoms with van der Waals surface area (Å²) in [6.45, 7) is 1.26. The van der Waals surface area contributed by atoms with Gasteiger partial charge in [-0.15, -0.1) is 0 Å². The van der Waals surface area contributed by atoms with Gasteiger partial charge in [0.25, 0.3) is 5.91 Å². The first-order valence-electron chi connectivity index (χ1n) is 6.40. The number of hydrogen-bond donors (Lipinski definition) is 2. The molecule has 0 fully saturated rings. The van der Waals surface area contributed by atoms with Crippen LogP contribution in [0.1, 0.15) is 16.8 Å². The van der Waals surface area contributed by atoms with E-state index in [4.69, 9.17) is 15.9 Å². The van der Waals surface area contributed by atoms with Crippen LogP contribution in [0.15, 0.2) is 24.3 Å². The maximum Gasteiger partial charge on any atom is 0.260 e. The van der Waals surface area contributed by atoms with E-state index in [1.165, 1.54) is 4.90 Å². The Bertz CT molecular complexity index is 457. The molecular formula is C14H22N4O2. The molecule has 0 unspecified atom stereocenters. The largest absolute Gasteiger partial charge is 0.497 e. The predicted octanol–water partition coefficient (Wildman–Crippen LogP) is 0.983. The van der Waals surface area contributed by atoms with Crippen molar-refractivity contribution in [3.05, 3.63) is 29.8 Å². The smallest absolute Gasteiger partial charge is 0.260 e. The van der Waals surface area contributed by atoms with Crippen LogP contribution < -0.4 is 10.5 Å².